The quantitative estimate of drug-likeness (QED) is 0.627. The van der Waals surface area contributed by atoms with E-state index in [1.54, 1.807) is 13.0 Å². The van der Waals surface area contributed by atoms with Gasteiger partial charge in [-0.3, -0.25) is 10.1 Å². The Labute approximate surface area is 127 Å². The summed E-state index contributed by atoms with van der Waals surface area (Å²) >= 11 is 3.32. The minimum atomic E-state index is -1.14. The van der Waals surface area contributed by atoms with Gasteiger partial charge in [0.25, 0.3) is 5.69 Å². The summed E-state index contributed by atoms with van der Waals surface area (Å²) in [7, 11) is 0. The first-order valence-corrected chi connectivity index (χ1v) is 6.68. The number of carbonyl (C=O) groups is 1. The molecule has 0 aliphatic carbocycles. The molecule has 1 aromatic carbocycles. The average molecular weight is 355 g/mol. The van der Waals surface area contributed by atoms with E-state index in [9.17, 15) is 14.9 Å². The molecule has 2 rings (SSSR count). The number of nitro benzene ring substituents is 1. The number of carboxylic acid groups (broad SMARTS) is 1. The average Bonchev–Trinajstić information content (AvgIpc) is 2.86. The molecule has 0 unspecified atom stereocenters. The summed E-state index contributed by atoms with van der Waals surface area (Å²) < 4.78 is 5.77. The molecular formula is C13H11BrN2O5. The van der Waals surface area contributed by atoms with Crippen molar-refractivity contribution in [2.45, 2.75) is 13.5 Å². The zero-order valence-corrected chi connectivity index (χ0v) is 12.5. The van der Waals surface area contributed by atoms with Crippen LogP contribution in [0.25, 0.3) is 0 Å². The summed E-state index contributed by atoms with van der Waals surface area (Å²) in [6.45, 7) is 1.87. The van der Waals surface area contributed by atoms with Crippen LogP contribution in [0.2, 0.25) is 0 Å². The van der Waals surface area contributed by atoms with Gasteiger partial charge in [-0.15, -0.1) is 0 Å². The van der Waals surface area contributed by atoms with Gasteiger partial charge >= 0.3 is 5.97 Å². The second kappa shape index (κ2) is 5.96. The fraction of sp³-hybridized carbons (Fsp3) is 0.154. The molecule has 0 saturated heterocycles. The molecule has 0 atom stereocenters. The third kappa shape index (κ3) is 3.40. The van der Waals surface area contributed by atoms with Gasteiger partial charge in [0.05, 0.1) is 17.2 Å². The van der Waals surface area contributed by atoms with Crippen molar-refractivity contribution < 1.29 is 19.2 Å². The molecule has 110 valence electrons. The second-order valence-corrected chi connectivity index (χ2v) is 5.15. The minimum absolute atomic E-state index is 0.00590. The van der Waals surface area contributed by atoms with E-state index in [1.807, 2.05) is 0 Å². The SMILES string of the molecule is Cc1cc(Br)c(NCc2ccc(C(=O)O)o2)cc1[N+](=O)[O-]. The summed E-state index contributed by atoms with van der Waals surface area (Å²) in [5, 5.41) is 22.6. The van der Waals surface area contributed by atoms with Crippen LogP contribution < -0.4 is 5.32 Å². The standard InChI is InChI=1S/C13H11BrN2O5/c1-7-4-9(14)10(5-11(7)16(19)20)15-6-8-2-3-12(21-8)13(17)18/h2-5,15H,6H2,1H3,(H,17,18). The Morgan fingerprint density at radius 3 is 2.76 bits per heavy atom. The normalized spacial score (nSPS) is 10.4. The van der Waals surface area contributed by atoms with Crippen LogP contribution in [-0.4, -0.2) is 16.0 Å². The van der Waals surface area contributed by atoms with Crippen LogP contribution in [-0.2, 0) is 6.54 Å². The van der Waals surface area contributed by atoms with E-state index >= 15 is 0 Å². The summed E-state index contributed by atoms with van der Waals surface area (Å²) in [4.78, 5) is 21.2. The van der Waals surface area contributed by atoms with E-state index in [2.05, 4.69) is 21.2 Å². The van der Waals surface area contributed by atoms with E-state index in [0.29, 0.717) is 21.5 Å². The number of nitrogens with one attached hydrogen (secondary N) is 1. The highest BCUT2D eigenvalue weighted by Crippen LogP contribution is 2.31. The highest BCUT2D eigenvalue weighted by Gasteiger charge is 2.15. The van der Waals surface area contributed by atoms with Crippen LogP contribution in [0, 0.1) is 17.0 Å². The number of carboxylic acids is 1. The number of halogens is 1. The first-order chi connectivity index (χ1) is 9.88. The number of aromatic carboxylic acids is 1. The fourth-order valence-electron chi connectivity index (χ4n) is 1.76. The number of rotatable bonds is 5. The maximum absolute atomic E-state index is 10.9. The van der Waals surface area contributed by atoms with E-state index in [1.165, 1.54) is 18.2 Å². The third-order valence-corrected chi connectivity index (χ3v) is 3.46. The molecule has 0 amide bonds. The van der Waals surface area contributed by atoms with Crippen molar-refractivity contribution in [3.63, 3.8) is 0 Å². The topological polar surface area (TPSA) is 106 Å². The van der Waals surface area contributed by atoms with Crippen molar-refractivity contribution in [1.82, 2.24) is 0 Å². The van der Waals surface area contributed by atoms with Crippen LogP contribution in [0.15, 0.2) is 33.2 Å². The van der Waals surface area contributed by atoms with Crippen molar-refractivity contribution in [3.8, 4) is 0 Å². The molecule has 0 radical (unpaired) electrons. The Hall–Kier alpha value is -2.35. The van der Waals surface area contributed by atoms with Gasteiger partial charge in [-0.2, -0.15) is 0 Å². The summed E-state index contributed by atoms with van der Waals surface area (Å²) in [5.74, 6) is -0.878. The van der Waals surface area contributed by atoms with Crippen LogP contribution in [0.5, 0.6) is 0 Å². The summed E-state index contributed by atoms with van der Waals surface area (Å²) in [5.41, 5.74) is 1.08. The molecule has 0 aliphatic heterocycles. The van der Waals surface area contributed by atoms with Gasteiger partial charge < -0.3 is 14.8 Å². The fourth-order valence-corrected chi connectivity index (χ4v) is 2.36. The van der Waals surface area contributed by atoms with Gasteiger partial charge in [0.15, 0.2) is 0 Å². The van der Waals surface area contributed by atoms with Crippen molar-refractivity contribution in [3.05, 3.63) is 55.9 Å². The number of anilines is 1. The smallest absolute Gasteiger partial charge is 0.371 e. The maximum atomic E-state index is 10.9. The zero-order chi connectivity index (χ0) is 15.6. The van der Waals surface area contributed by atoms with E-state index in [4.69, 9.17) is 9.52 Å². The van der Waals surface area contributed by atoms with Gasteiger partial charge in [0, 0.05) is 16.1 Å². The molecule has 1 heterocycles. The Bertz CT molecular complexity index is 711. The van der Waals surface area contributed by atoms with Crippen LogP contribution in [0.3, 0.4) is 0 Å². The second-order valence-electron chi connectivity index (χ2n) is 4.30. The third-order valence-electron chi connectivity index (χ3n) is 2.81. The number of hydrogen-bond acceptors (Lipinski definition) is 5. The lowest BCUT2D eigenvalue weighted by Gasteiger charge is -2.08. The Balaban J connectivity index is 2.17. The summed E-state index contributed by atoms with van der Waals surface area (Å²) in [6.07, 6.45) is 0. The summed E-state index contributed by atoms with van der Waals surface area (Å²) in [6, 6.07) is 5.95. The molecule has 8 heteroatoms. The lowest BCUT2D eigenvalue weighted by molar-refractivity contribution is -0.385. The van der Waals surface area contributed by atoms with Crippen LogP contribution in [0.1, 0.15) is 21.9 Å². The number of benzene rings is 1. The minimum Gasteiger partial charge on any atom is -0.475 e. The molecule has 2 aromatic rings. The number of nitro groups is 1. The van der Waals surface area contributed by atoms with E-state index in [0.717, 1.165) is 0 Å². The van der Waals surface area contributed by atoms with Gasteiger partial charge in [0.1, 0.15) is 5.76 Å². The monoisotopic (exact) mass is 354 g/mol. The molecule has 21 heavy (non-hydrogen) atoms. The van der Waals surface area contributed by atoms with Crippen molar-refractivity contribution in [2.24, 2.45) is 0 Å². The number of hydrogen-bond donors (Lipinski definition) is 2. The first-order valence-electron chi connectivity index (χ1n) is 5.89. The van der Waals surface area contributed by atoms with Crippen molar-refractivity contribution in [2.75, 3.05) is 5.32 Å². The largest absolute Gasteiger partial charge is 0.475 e. The van der Waals surface area contributed by atoms with E-state index < -0.39 is 10.9 Å². The lowest BCUT2D eigenvalue weighted by atomic mass is 10.2. The molecule has 0 bridgehead atoms. The van der Waals surface area contributed by atoms with Gasteiger partial charge in [-0.25, -0.2) is 4.79 Å². The molecule has 0 saturated carbocycles. The Morgan fingerprint density at radius 2 is 2.19 bits per heavy atom. The first kappa shape index (κ1) is 15.0. The highest BCUT2D eigenvalue weighted by molar-refractivity contribution is 9.10. The van der Waals surface area contributed by atoms with E-state index in [-0.39, 0.29) is 18.0 Å². The van der Waals surface area contributed by atoms with Gasteiger partial charge in [-0.1, -0.05) is 0 Å². The lowest BCUT2D eigenvalue weighted by Crippen LogP contribution is -2.01. The molecule has 7 nitrogen and oxygen atoms in total. The molecule has 0 aliphatic rings. The zero-order valence-electron chi connectivity index (χ0n) is 10.9. The predicted octanol–water partition coefficient (Wildman–Crippen LogP) is 3.57. The predicted molar refractivity (Wildman–Crippen MR) is 78.5 cm³/mol. The van der Waals surface area contributed by atoms with Crippen molar-refractivity contribution in [1.29, 1.82) is 0 Å². The number of aryl methyl sites for hydroxylation is 1. The molecule has 0 spiro atoms. The van der Waals surface area contributed by atoms with Gasteiger partial charge in [-0.05, 0) is 41.1 Å². The van der Waals surface area contributed by atoms with Gasteiger partial charge in [0.2, 0.25) is 5.76 Å². The molecule has 0 fully saturated rings. The molecular weight excluding hydrogens is 344 g/mol. The molecule has 2 N–H and O–H groups in total. The molecule has 1 aromatic heterocycles. The maximum Gasteiger partial charge on any atom is 0.371 e. The van der Waals surface area contributed by atoms with Crippen molar-refractivity contribution >= 4 is 33.3 Å². The number of furan rings is 1. The highest BCUT2D eigenvalue weighted by atomic mass is 79.9. The van der Waals surface area contributed by atoms with Crippen LogP contribution in [0.4, 0.5) is 11.4 Å². The number of nitrogens with zero attached hydrogens (tertiary/aromatic N) is 1. The Morgan fingerprint density at radius 1 is 1.48 bits per heavy atom. The Kier molecular flexibility index (Phi) is 4.27. The van der Waals surface area contributed by atoms with Crippen LogP contribution >= 0.6 is 15.9 Å².